The number of amidine groups is 1. The molecule has 0 aliphatic carbocycles. The molecular formula is C35H38N6O. The number of rotatable bonds is 9. The van der Waals surface area contributed by atoms with E-state index in [-0.39, 0.29) is 11.7 Å². The van der Waals surface area contributed by atoms with E-state index in [0.29, 0.717) is 13.1 Å². The zero-order chi connectivity index (χ0) is 29.1. The summed E-state index contributed by atoms with van der Waals surface area (Å²) in [5.41, 5.74) is 11.5. The van der Waals surface area contributed by atoms with Gasteiger partial charge in [-0.15, -0.1) is 0 Å². The van der Waals surface area contributed by atoms with Gasteiger partial charge in [0, 0.05) is 24.7 Å². The largest absolute Gasteiger partial charge is 0.384 e. The van der Waals surface area contributed by atoms with Crippen molar-refractivity contribution in [1.29, 1.82) is 5.41 Å². The minimum absolute atomic E-state index is 0.0802. The second kappa shape index (κ2) is 12.2. The Morgan fingerprint density at radius 2 is 1.69 bits per heavy atom. The fraction of sp³-hybridized carbons (Fsp3) is 0.286. The Kier molecular flexibility index (Phi) is 8.02. The van der Waals surface area contributed by atoms with Crippen molar-refractivity contribution in [2.24, 2.45) is 12.8 Å². The van der Waals surface area contributed by atoms with Crippen molar-refractivity contribution in [2.75, 3.05) is 24.5 Å². The standard InChI is InChI=1S/C35H38N6O/c1-39-32-18-17-29(22-31(32)38-33(39)19-14-25-12-15-27(16-13-25)35(36)37)41(34(42)24-40-20-5-2-6-21-40)23-28-10-7-9-26-8-3-4-11-30(26)28/h3-4,7-13,15-18,22H,2,5-6,14,19-21,23-24H2,1H3,(H3,36,37). The SMILES string of the molecule is Cn1c(CCc2ccc(C(=N)N)cc2)nc2cc(N(Cc3cccc4ccccc34)C(=O)CN3CCCCC3)ccc21. The van der Waals surface area contributed by atoms with Gasteiger partial charge in [-0.3, -0.25) is 15.1 Å². The number of nitrogens with two attached hydrogens (primary N) is 1. The van der Waals surface area contributed by atoms with Crippen molar-refractivity contribution in [2.45, 2.75) is 38.6 Å². The topological polar surface area (TPSA) is 91.2 Å². The van der Waals surface area contributed by atoms with Crippen LogP contribution in [0.2, 0.25) is 0 Å². The number of benzene rings is 4. The molecule has 1 saturated heterocycles. The number of likely N-dealkylation sites (tertiary alicyclic amines) is 1. The summed E-state index contributed by atoms with van der Waals surface area (Å²) in [6.07, 6.45) is 5.17. The molecule has 42 heavy (non-hydrogen) atoms. The number of hydrogen-bond donors (Lipinski definition) is 2. The molecular weight excluding hydrogens is 520 g/mol. The quantitative estimate of drug-likeness (QED) is 0.176. The Hall–Kier alpha value is -4.49. The van der Waals surface area contributed by atoms with E-state index < -0.39 is 0 Å². The van der Waals surface area contributed by atoms with Crippen molar-refractivity contribution < 1.29 is 4.79 Å². The van der Waals surface area contributed by atoms with Gasteiger partial charge in [-0.05, 0) is 72.5 Å². The van der Waals surface area contributed by atoms with Crippen LogP contribution in [0.3, 0.4) is 0 Å². The highest BCUT2D eigenvalue weighted by atomic mass is 16.2. The maximum atomic E-state index is 13.9. The van der Waals surface area contributed by atoms with Crippen LogP contribution in [0.4, 0.5) is 5.69 Å². The summed E-state index contributed by atoms with van der Waals surface area (Å²) in [6, 6.07) is 28.8. The summed E-state index contributed by atoms with van der Waals surface area (Å²) >= 11 is 0. The molecule has 6 rings (SSSR count). The van der Waals surface area contributed by atoms with Crippen LogP contribution in [-0.4, -0.2) is 45.8 Å². The summed E-state index contributed by atoms with van der Waals surface area (Å²) in [5, 5.41) is 9.96. The molecule has 0 atom stereocenters. The van der Waals surface area contributed by atoms with Gasteiger partial charge in [-0.1, -0.05) is 73.2 Å². The van der Waals surface area contributed by atoms with Crippen LogP contribution < -0.4 is 10.6 Å². The molecule has 1 amide bonds. The molecule has 5 aromatic rings. The molecule has 0 spiro atoms. The average molecular weight is 559 g/mol. The molecule has 7 nitrogen and oxygen atoms in total. The van der Waals surface area contributed by atoms with Crippen LogP contribution in [0.15, 0.2) is 84.9 Å². The van der Waals surface area contributed by atoms with E-state index >= 15 is 0 Å². The number of anilines is 1. The van der Waals surface area contributed by atoms with Crippen LogP contribution in [-0.2, 0) is 31.2 Å². The number of piperidine rings is 1. The zero-order valence-corrected chi connectivity index (χ0v) is 24.2. The van der Waals surface area contributed by atoms with E-state index in [9.17, 15) is 4.79 Å². The summed E-state index contributed by atoms with van der Waals surface area (Å²) in [7, 11) is 2.05. The van der Waals surface area contributed by atoms with Crippen molar-refractivity contribution in [1.82, 2.24) is 14.5 Å². The molecule has 1 fully saturated rings. The summed E-state index contributed by atoms with van der Waals surface area (Å²) in [5.74, 6) is 1.20. The zero-order valence-electron chi connectivity index (χ0n) is 24.2. The lowest BCUT2D eigenvalue weighted by Crippen LogP contribution is -2.42. The molecule has 0 bridgehead atoms. The first-order chi connectivity index (χ1) is 20.5. The lowest BCUT2D eigenvalue weighted by molar-refractivity contribution is -0.120. The second-order valence-corrected chi connectivity index (χ2v) is 11.3. The van der Waals surface area contributed by atoms with Crippen molar-refractivity contribution in [3.8, 4) is 0 Å². The van der Waals surface area contributed by atoms with E-state index in [0.717, 1.165) is 72.4 Å². The number of hydrogen-bond acceptors (Lipinski definition) is 4. The normalized spacial score (nSPS) is 13.9. The number of fused-ring (bicyclic) bond motifs is 2. The van der Waals surface area contributed by atoms with E-state index in [4.69, 9.17) is 16.1 Å². The van der Waals surface area contributed by atoms with Gasteiger partial charge in [0.15, 0.2) is 0 Å². The lowest BCUT2D eigenvalue weighted by Gasteiger charge is -2.30. The maximum Gasteiger partial charge on any atom is 0.241 e. The molecule has 1 aliphatic heterocycles. The molecule has 4 aromatic carbocycles. The van der Waals surface area contributed by atoms with E-state index in [1.807, 2.05) is 29.2 Å². The molecule has 2 heterocycles. The Morgan fingerprint density at radius 1 is 0.929 bits per heavy atom. The molecule has 0 saturated carbocycles. The summed E-state index contributed by atoms with van der Waals surface area (Å²) in [4.78, 5) is 23.2. The van der Waals surface area contributed by atoms with Gasteiger partial charge in [0.2, 0.25) is 5.91 Å². The predicted octanol–water partition coefficient (Wildman–Crippen LogP) is 5.81. The van der Waals surface area contributed by atoms with Crippen molar-refractivity contribution >= 4 is 39.2 Å². The smallest absolute Gasteiger partial charge is 0.241 e. The minimum Gasteiger partial charge on any atom is -0.384 e. The number of imidazole rings is 1. The molecule has 3 N–H and O–H groups in total. The number of aryl methyl sites for hydroxylation is 3. The van der Waals surface area contributed by atoms with Crippen molar-refractivity contribution in [3.05, 3.63) is 107 Å². The van der Waals surface area contributed by atoms with Crippen LogP contribution in [0.1, 0.15) is 41.8 Å². The first-order valence-electron chi connectivity index (χ1n) is 14.8. The lowest BCUT2D eigenvalue weighted by atomic mass is 10.0. The average Bonchev–Trinajstić information content (AvgIpc) is 3.33. The number of nitrogens with one attached hydrogen (secondary N) is 1. The fourth-order valence-corrected chi connectivity index (χ4v) is 6.06. The Balaban J connectivity index is 1.28. The van der Waals surface area contributed by atoms with Crippen LogP contribution in [0, 0.1) is 5.41 Å². The molecule has 1 aromatic heterocycles. The molecule has 1 aliphatic rings. The number of amides is 1. The Labute approximate surface area is 247 Å². The van der Waals surface area contributed by atoms with Crippen LogP contribution >= 0.6 is 0 Å². The number of nitrogen functional groups attached to an aromatic ring is 1. The molecule has 7 heteroatoms. The monoisotopic (exact) mass is 558 g/mol. The van der Waals surface area contributed by atoms with Crippen molar-refractivity contribution in [3.63, 3.8) is 0 Å². The Bertz CT molecular complexity index is 1730. The third-order valence-corrected chi connectivity index (χ3v) is 8.49. The van der Waals surface area contributed by atoms with Gasteiger partial charge < -0.3 is 15.2 Å². The fourth-order valence-electron chi connectivity index (χ4n) is 6.06. The van der Waals surface area contributed by atoms with Crippen LogP contribution in [0.25, 0.3) is 21.8 Å². The van der Waals surface area contributed by atoms with Gasteiger partial charge in [0.05, 0.1) is 24.1 Å². The second-order valence-electron chi connectivity index (χ2n) is 11.3. The third-order valence-electron chi connectivity index (χ3n) is 8.49. The molecule has 0 radical (unpaired) electrons. The highest BCUT2D eigenvalue weighted by Gasteiger charge is 2.22. The van der Waals surface area contributed by atoms with Crippen LogP contribution in [0.5, 0.6) is 0 Å². The first kappa shape index (κ1) is 27.7. The van der Waals surface area contributed by atoms with Gasteiger partial charge in [-0.2, -0.15) is 0 Å². The number of carbonyl (C=O) groups is 1. The van der Waals surface area contributed by atoms with E-state index in [1.54, 1.807) is 0 Å². The number of aromatic nitrogens is 2. The van der Waals surface area contributed by atoms with Gasteiger partial charge >= 0.3 is 0 Å². The van der Waals surface area contributed by atoms with E-state index in [1.165, 1.54) is 22.8 Å². The predicted molar refractivity (Wildman–Crippen MR) is 171 cm³/mol. The summed E-state index contributed by atoms with van der Waals surface area (Å²) in [6.45, 7) is 2.90. The maximum absolute atomic E-state index is 13.9. The van der Waals surface area contributed by atoms with Gasteiger partial charge in [0.1, 0.15) is 11.7 Å². The van der Waals surface area contributed by atoms with Gasteiger partial charge in [-0.25, -0.2) is 4.98 Å². The highest BCUT2D eigenvalue weighted by Crippen LogP contribution is 2.27. The number of nitrogens with zero attached hydrogens (tertiary/aromatic N) is 4. The molecule has 214 valence electrons. The van der Waals surface area contributed by atoms with Gasteiger partial charge in [0.25, 0.3) is 0 Å². The summed E-state index contributed by atoms with van der Waals surface area (Å²) < 4.78 is 2.15. The molecule has 0 unspecified atom stereocenters. The highest BCUT2D eigenvalue weighted by molar-refractivity contribution is 5.97. The minimum atomic E-state index is 0.0802. The number of carbonyl (C=O) groups excluding carboxylic acids is 1. The Morgan fingerprint density at radius 3 is 2.48 bits per heavy atom. The first-order valence-corrected chi connectivity index (χ1v) is 14.8. The van der Waals surface area contributed by atoms with E-state index in [2.05, 4.69) is 77.2 Å². The third kappa shape index (κ3) is 5.92.